The van der Waals surface area contributed by atoms with E-state index in [0.717, 1.165) is 5.69 Å². The van der Waals surface area contributed by atoms with E-state index in [9.17, 15) is 8.42 Å². The number of rotatable bonds is 4. The van der Waals surface area contributed by atoms with E-state index in [0.29, 0.717) is 18.2 Å². The van der Waals surface area contributed by atoms with Gasteiger partial charge in [-0.25, -0.2) is 13.4 Å². The topological polar surface area (TPSA) is 75.2 Å². The van der Waals surface area contributed by atoms with Gasteiger partial charge in [0, 0.05) is 25.0 Å². The monoisotopic (exact) mass is 374 g/mol. The highest BCUT2D eigenvalue weighted by atomic mass is 32.2. The molecule has 0 radical (unpaired) electrons. The maximum absolute atomic E-state index is 11.7. The molecule has 0 amide bonds. The molecule has 1 aromatic carbocycles. The zero-order valence-electron chi connectivity index (χ0n) is 15.7. The number of nitrogens with one attached hydrogen (secondary N) is 1. The number of sulfone groups is 1. The van der Waals surface area contributed by atoms with E-state index >= 15 is 0 Å². The van der Waals surface area contributed by atoms with Crippen LogP contribution in [0.4, 0.5) is 17.5 Å². The summed E-state index contributed by atoms with van der Waals surface area (Å²) in [6.45, 7) is 6.56. The van der Waals surface area contributed by atoms with Gasteiger partial charge in [-0.2, -0.15) is 4.98 Å². The number of hydrogen-bond acceptors (Lipinski definition) is 6. The van der Waals surface area contributed by atoms with Crippen molar-refractivity contribution in [1.29, 1.82) is 0 Å². The molecule has 2 aromatic rings. The average molecular weight is 375 g/mol. The van der Waals surface area contributed by atoms with Crippen molar-refractivity contribution in [1.82, 2.24) is 9.97 Å². The van der Waals surface area contributed by atoms with Crippen molar-refractivity contribution < 1.29 is 8.42 Å². The van der Waals surface area contributed by atoms with Crippen LogP contribution in [0.15, 0.2) is 36.5 Å². The molecule has 140 valence electrons. The number of nitrogens with zero attached hydrogens (tertiary/aromatic N) is 3. The van der Waals surface area contributed by atoms with Crippen molar-refractivity contribution in [3.63, 3.8) is 0 Å². The first-order valence-corrected chi connectivity index (χ1v) is 10.6. The molecule has 0 saturated carbocycles. The van der Waals surface area contributed by atoms with Crippen LogP contribution in [-0.4, -0.2) is 43.0 Å². The van der Waals surface area contributed by atoms with Crippen LogP contribution in [0.25, 0.3) is 0 Å². The second-order valence-corrected chi connectivity index (χ2v) is 10.1. The molecule has 1 aromatic heterocycles. The summed E-state index contributed by atoms with van der Waals surface area (Å²) in [5.74, 6) is 1.62. The molecule has 1 saturated heterocycles. The van der Waals surface area contributed by atoms with Gasteiger partial charge < -0.3 is 10.2 Å². The molecule has 0 spiro atoms. The van der Waals surface area contributed by atoms with Gasteiger partial charge in [0.25, 0.3) is 0 Å². The van der Waals surface area contributed by atoms with E-state index in [1.807, 2.05) is 24.1 Å². The van der Waals surface area contributed by atoms with E-state index in [-0.39, 0.29) is 23.0 Å². The van der Waals surface area contributed by atoms with Crippen molar-refractivity contribution in [2.75, 3.05) is 28.8 Å². The highest BCUT2D eigenvalue weighted by molar-refractivity contribution is 7.91. The second kappa shape index (κ2) is 6.87. The van der Waals surface area contributed by atoms with Crippen LogP contribution >= 0.6 is 0 Å². The van der Waals surface area contributed by atoms with Crippen LogP contribution in [0.2, 0.25) is 0 Å². The number of aromatic nitrogens is 2. The van der Waals surface area contributed by atoms with Crippen LogP contribution in [0, 0.1) is 0 Å². The van der Waals surface area contributed by atoms with E-state index in [4.69, 9.17) is 0 Å². The molecule has 0 bridgehead atoms. The first-order chi connectivity index (χ1) is 12.1. The van der Waals surface area contributed by atoms with Gasteiger partial charge in [-0.3, -0.25) is 0 Å². The van der Waals surface area contributed by atoms with Crippen LogP contribution in [0.3, 0.4) is 0 Å². The van der Waals surface area contributed by atoms with Gasteiger partial charge in [0.15, 0.2) is 9.84 Å². The summed E-state index contributed by atoms with van der Waals surface area (Å²) in [6, 6.07) is 10.0. The molecule has 3 rings (SSSR count). The summed E-state index contributed by atoms with van der Waals surface area (Å²) in [5.41, 5.74) is 2.34. The van der Waals surface area contributed by atoms with Gasteiger partial charge in [0.2, 0.25) is 5.95 Å². The highest BCUT2D eigenvalue weighted by Crippen LogP contribution is 2.25. The lowest BCUT2D eigenvalue weighted by Crippen LogP contribution is -2.33. The van der Waals surface area contributed by atoms with Gasteiger partial charge in [-0.05, 0) is 35.6 Å². The summed E-state index contributed by atoms with van der Waals surface area (Å²) in [6.07, 6.45) is 2.31. The summed E-state index contributed by atoms with van der Waals surface area (Å²) in [4.78, 5) is 10.7. The standard InChI is InChI=1S/C19H26N4O2S/c1-19(2,3)14-5-7-15(8-6-14)21-17-9-11-20-18(22-17)23(4)16-10-12-26(24,25)13-16/h5-9,11,16H,10,12-13H2,1-4H3,(H,20,21,22). The minimum absolute atomic E-state index is 0.0682. The third-order valence-electron chi connectivity index (χ3n) is 4.74. The molecule has 1 unspecified atom stereocenters. The van der Waals surface area contributed by atoms with Crippen molar-refractivity contribution in [2.24, 2.45) is 0 Å². The highest BCUT2D eigenvalue weighted by Gasteiger charge is 2.31. The van der Waals surface area contributed by atoms with Crippen molar-refractivity contribution in [2.45, 2.75) is 38.6 Å². The molecule has 1 aliphatic rings. The minimum atomic E-state index is -2.94. The van der Waals surface area contributed by atoms with Crippen LogP contribution in [0.5, 0.6) is 0 Å². The van der Waals surface area contributed by atoms with Crippen molar-refractivity contribution in [3.05, 3.63) is 42.1 Å². The first kappa shape index (κ1) is 18.6. The Balaban J connectivity index is 1.73. The SMILES string of the molecule is CN(c1nccc(Nc2ccc(C(C)(C)C)cc2)n1)C1CCS(=O)(=O)C1. The summed E-state index contributed by atoms with van der Waals surface area (Å²) in [7, 11) is -1.09. The van der Waals surface area contributed by atoms with E-state index in [1.165, 1.54) is 5.56 Å². The fourth-order valence-corrected chi connectivity index (χ4v) is 4.81. The molecule has 7 heteroatoms. The Morgan fingerprint density at radius 2 is 1.85 bits per heavy atom. The largest absolute Gasteiger partial charge is 0.340 e. The lowest BCUT2D eigenvalue weighted by Gasteiger charge is -2.23. The predicted molar refractivity (Wildman–Crippen MR) is 106 cm³/mol. The molecule has 0 aliphatic carbocycles. The summed E-state index contributed by atoms with van der Waals surface area (Å²) < 4.78 is 23.4. The quantitative estimate of drug-likeness (QED) is 0.886. The minimum Gasteiger partial charge on any atom is -0.340 e. The molecule has 1 N–H and O–H groups in total. The number of anilines is 3. The fourth-order valence-electron chi connectivity index (χ4n) is 3.03. The lowest BCUT2D eigenvalue weighted by molar-refractivity contribution is 0.590. The molecule has 1 fully saturated rings. The Morgan fingerprint density at radius 1 is 1.15 bits per heavy atom. The third-order valence-corrected chi connectivity index (χ3v) is 6.49. The van der Waals surface area contributed by atoms with Gasteiger partial charge in [0.05, 0.1) is 11.5 Å². The normalized spacial score (nSPS) is 19.3. The van der Waals surface area contributed by atoms with E-state index in [1.54, 1.807) is 12.3 Å². The van der Waals surface area contributed by atoms with Crippen molar-refractivity contribution in [3.8, 4) is 0 Å². The Hall–Kier alpha value is -2.15. The van der Waals surface area contributed by atoms with Gasteiger partial charge >= 0.3 is 0 Å². The Bertz CT molecular complexity index is 873. The maximum atomic E-state index is 11.7. The average Bonchev–Trinajstić information content (AvgIpc) is 2.94. The van der Waals surface area contributed by atoms with Crippen LogP contribution in [-0.2, 0) is 15.3 Å². The van der Waals surface area contributed by atoms with Crippen LogP contribution < -0.4 is 10.2 Å². The van der Waals surface area contributed by atoms with Gasteiger partial charge in [0.1, 0.15) is 5.82 Å². The molecule has 6 nitrogen and oxygen atoms in total. The maximum Gasteiger partial charge on any atom is 0.227 e. The Labute approximate surface area is 155 Å². The first-order valence-electron chi connectivity index (χ1n) is 8.78. The smallest absolute Gasteiger partial charge is 0.227 e. The van der Waals surface area contributed by atoms with Gasteiger partial charge in [-0.1, -0.05) is 32.9 Å². The summed E-state index contributed by atoms with van der Waals surface area (Å²) in [5, 5.41) is 3.29. The second-order valence-electron chi connectivity index (χ2n) is 7.86. The molecule has 2 heterocycles. The zero-order chi connectivity index (χ0) is 18.9. The Morgan fingerprint density at radius 3 is 2.42 bits per heavy atom. The lowest BCUT2D eigenvalue weighted by atomic mass is 9.87. The number of hydrogen-bond donors (Lipinski definition) is 1. The molecular formula is C19H26N4O2S. The molecule has 1 aliphatic heterocycles. The summed E-state index contributed by atoms with van der Waals surface area (Å²) >= 11 is 0. The zero-order valence-corrected chi connectivity index (χ0v) is 16.5. The fraction of sp³-hybridized carbons (Fsp3) is 0.474. The molecular weight excluding hydrogens is 348 g/mol. The molecule has 1 atom stereocenters. The molecule has 26 heavy (non-hydrogen) atoms. The third kappa shape index (κ3) is 4.33. The number of benzene rings is 1. The van der Waals surface area contributed by atoms with Gasteiger partial charge in [-0.15, -0.1) is 0 Å². The van der Waals surface area contributed by atoms with Crippen LogP contribution in [0.1, 0.15) is 32.8 Å². The van der Waals surface area contributed by atoms with E-state index < -0.39 is 9.84 Å². The Kier molecular flexibility index (Phi) is 4.92. The predicted octanol–water partition coefficient (Wildman–Crippen LogP) is 3.14. The van der Waals surface area contributed by atoms with Crippen molar-refractivity contribution >= 4 is 27.3 Å². The van der Waals surface area contributed by atoms with E-state index in [2.05, 4.69) is 48.2 Å².